The van der Waals surface area contributed by atoms with Crippen LogP contribution in [0.25, 0.3) is 0 Å². The highest BCUT2D eigenvalue weighted by atomic mass is 16.2. The third-order valence-corrected chi connectivity index (χ3v) is 5.69. The van der Waals surface area contributed by atoms with E-state index in [9.17, 15) is 14.4 Å². The fourth-order valence-corrected chi connectivity index (χ4v) is 3.80. The Morgan fingerprint density at radius 3 is 2.51 bits per heavy atom. The fourth-order valence-electron chi connectivity index (χ4n) is 3.80. The predicted molar refractivity (Wildman–Crippen MR) is 139 cm³/mol. The molecular weight excluding hydrogens is 470 g/mol. The Morgan fingerprint density at radius 1 is 0.946 bits per heavy atom. The van der Waals surface area contributed by atoms with Gasteiger partial charge in [-0.1, -0.05) is 65.4 Å². The van der Waals surface area contributed by atoms with Gasteiger partial charge in [0, 0.05) is 25.8 Å². The Labute approximate surface area is 214 Å². The van der Waals surface area contributed by atoms with E-state index in [-0.39, 0.29) is 29.7 Å². The van der Waals surface area contributed by atoms with Crippen LogP contribution in [0.15, 0.2) is 77.9 Å². The van der Waals surface area contributed by atoms with Crippen LogP contribution in [0.2, 0.25) is 0 Å². The zero-order chi connectivity index (χ0) is 26.0. The zero-order valence-electron chi connectivity index (χ0n) is 20.6. The number of aromatic nitrogens is 5. The smallest absolute Gasteiger partial charge is 0.347 e. The molecular formula is C27H29N7O3. The number of nitrogens with zero attached hydrogens (tertiary/aromatic N) is 5. The Hall–Kier alpha value is -4.60. The lowest BCUT2D eigenvalue weighted by molar-refractivity contribution is -0.115. The van der Waals surface area contributed by atoms with E-state index in [0.29, 0.717) is 26.1 Å². The summed E-state index contributed by atoms with van der Waals surface area (Å²) in [6, 6.07) is 19.0. The molecule has 2 aromatic heterocycles. The second kappa shape index (κ2) is 12.4. The Kier molecular flexibility index (Phi) is 8.53. The number of aryl methyl sites for hydroxylation is 3. The van der Waals surface area contributed by atoms with Gasteiger partial charge < -0.3 is 10.6 Å². The highest BCUT2D eigenvalue weighted by Gasteiger charge is 2.11. The standard InChI is InChI=1S/C27H29N7O3/c1-20-8-7-11-22(16-20)17-25(35)29-24-12-15-33(27(37)30-24)13-5-6-14-34-19-23(31-32-34)26(36)28-18-21-9-3-2-4-10-21/h2-4,7-12,15-16,19H,5-6,13-14,17-18H2,1H3,(H,28,36)(H,29,30,35,37). The molecule has 10 heteroatoms. The number of amides is 2. The third kappa shape index (κ3) is 7.69. The number of carbonyl (C=O) groups is 2. The average molecular weight is 500 g/mol. The Balaban J connectivity index is 1.19. The van der Waals surface area contributed by atoms with Crippen molar-refractivity contribution in [2.45, 2.75) is 45.8 Å². The number of hydrogen-bond donors (Lipinski definition) is 2. The molecule has 0 aliphatic rings. The quantitative estimate of drug-likeness (QED) is 0.306. The molecule has 0 aliphatic carbocycles. The number of unbranched alkanes of at least 4 members (excludes halogenated alkanes) is 1. The molecule has 4 rings (SSSR count). The SMILES string of the molecule is Cc1cccc(CC(=O)Nc2ccn(CCCCn3cc(C(=O)NCc4ccccc4)nn3)c(=O)n2)c1. The van der Waals surface area contributed by atoms with Crippen LogP contribution >= 0.6 is 0 Å². The fraction of sp³-hybridized carbons (Fsp3) is 0.259. The van der Waals surface area contributed by atoms with Crippen molar-refractivity contribution >= 4 is 17.6 Å². The summed E-state index contributed by atoms with van der Waals surface area (Å²) >= 11 is 0. The molecule has 0 unspecified atom stereocenters. The van der Waals surface area contributed by atoms with Crippen LogP contribution in [0.4, 0.5) is 5.82 Å². The molecule has 0 bridgehead atoms. The van der Waals surface area contributed by atoms with Crippen molar-refractivity contribution in [3.05, 3.63) is 106 Å². The first kappa shape index (κ1) is 25.5. The van der Waals surface area contributed by atoms with Crippen molar-refractivity contribution in [3.8, 4) is 0 Å². The summed E-state index contributed by atoms with van der Waals surface area (Å²) in [5.41, 5.74) is 2.83. The van der Waals surface area contributed by atoms with Gasteiger partial charge >= 0.3 is 5.69 Å². The van der Waals surface area contributed by atoms with Crippen LogP contribution in [0, 0.1) is 6.92 Å². The van der Waals surface area contributed by atoms with Crippen LogP contribution in [0.3, 0.4) is 0 Å². The molecule has 0 radical (unpaired) electrons. The Bertz CT molecular complexity index is 1410. The molecule has 2 N–H and O–H groups in total. The van der Waals surface area contributed by atoms with E-state index in [2.05, 4.69) is 25.9 Å². The molecule has 2 heterocycles. The highest BCUT2D eigenvalue weighted by Crippen LogP contribution is 2.07. The summed E-state index contributed by atoms with van der Waals surface area (Å²) < 4.78 is 3.12. The summed E-state index contributed by atoms with van der Waals surface area (Å²) in [5.74, 6) is -0.269. The summed E-state index contributed by atoms with van der Waals surface area (Å²) in [7, 11) is 0. The first-order valence-electron chi connectivity index (χ1n) is 12.1. The topological polar surface area (TPSA) is 124 Å². The summed E-state index contributed by atoms with van der Waals surface area (Å²) in [5, 5.41) is 13.5. The van der Waals surface area contributed by atoms with Crippen molar-refractivity contribution in [2.75, 3.05) is 5.32 Å². The molecule has 10 nitrogen and oxygen atoms in total. The van der Waals surface area contributed by atoms with Crippen molar-refractivity contribution in [3.63, 3.8) is 0 Å². The summed E-state index contributed by atoms with van der Waals surface area (Å²) in [4.78, 5) is 40.9. The van der Waals surface area contributed by atoms with Crippen molar-refractivity contribution in [1.82, 2.24) is 29.9 Å². The molecule has 0 fully saturated rings. The number of anilines is 1. The number of rotatable bonds is 11. The molecule has 0 saturated carbocycles. The van der Waals surface area contributed by atoms with Crippen LogP contribution in [-0.2, 0) is 30.8 Å². The van der Waals surface area contributed by atoms with E-state index in [1.54, 1.807) is 23.1 Å². The zero-order valence-corrected chi connectivity index (χ0v) is 20.6. The maximum absolute atomic E-state index is 12.4. The number of benzene rings is 2. The number of nitrogens with one attached hydrogen (secondary N) is 2. The minimum Gasteiger partial charge on any atom is -0.347 e. The number of carbonyl (C=O) groups excluding carboxylic acids is 2. The normalized spacial score (nSPS) is 10.7. The predicted octanol–water partition coefficient (Wildman–Crippen LogP) is 2.73. The number of hydrogen-bond acceptors (Lipinski definition) is 6. The largest absolute Gasteiger partial charge is 0.349 e. The van der Waals surface area contributed by atoms with Gasteiger partial charge in [0.15, 0.2) is 5.69 Å². The van der Waals surface area contributed by atoms with E-state index >= 15 is 0 Å². The average Bonchev–Trinajstić information content (AvgIpc) is 3.36. The summed E-state index contributed by atoms with van der Waals surface area (Å²) in [6.45, 7) is 3.43. The van der Waals surface area contributed by atoms with Gasteiger partial charge in [-0.15, -0.1) is 5.10 Å². The van der Waals surface area contributed by atoms with E-state index < -0.39 is 5.69 Å². The monoisotopic (exact) mass is 499 g/mol. The molecule has 4 aromatic rings. The van der Waals surface area contributed by atoms with Gasteiger partial charge in [-0.3, -0.25) is 18.8 Å². The van der Waals surface area contributed by atoms with Gasteiger partial charge in [0.05, 0.1) is 12.6 Å². The van der Waals surface area contributed by atoms with Crippen LogP contribution in [0.5, 0.6) is 0 Å². The minimum absolute atomic E-state index is 0.213. The van der Waals surface area contributed by atoms with Crippen molar-refractivity contribution in [1.29, 1.82) is 0 Å². The molecule has 2 aromatic carbocycles. The van der Waals surface area contributed by atoms with Crippen LogP contribution in [-0.4, -0.2) is 36.4 Å². The van der Waals surface area contributed by atoms with Gasteiger partial charge in [-0.2, -0.15) is 4.98 Å². The molecule has 190 valence electrons. The first-order chi connectivity index (χ1) is 18.0. The van der Waals surface area contributed by atoms with Crippen LogP contribution < -0.4 is 16.3 Å². The van der Waals surface area contributed by atoms with E-state index in [4.69, 9.17) is 0 Å². The van der Waals surface area contributed by atoms with Crippen molar-refractivity contribution < 1.29 is 9.59 Å². The van der Waals surface area contributed by atoms with Gasteiger partial charge in [0.1, 0.15) is 5.82 Å². The maximum atomic E-state index is 12.4. The second-order valence-corrected chi connectivity index (χ2v) is 8.74. The lowest BCUT2D eigenvalue weighted by atomic mass is 10.1. The van der Waals surface area contributed by atoms with E-state index in [0.717, 1.165) is 23.1 Å². The van der Waals surface area contributed by atoms with E-state index in [1.165, 1.54) is 4.57 Å². The molecule has 2 amide bonds. The maximum Gasteiger partial charge on any atom is 0.349 e. The van der Waals surface area contributed by atoms with Crippen molar-refractivity contribution in [2.24, 2.45) is 0 Å². The molecule has 0 atom stereocenters. The van der Waals surface area contributed by atoms with Crippen LogP contribution in [0.1, 0.15) is 40.0 Å². The third-order valence-electron chi connectivity index (χ3n) is 5.69. The molecule has 37 heavy (non-hydrogen) atoms. The van der Waals surface area contributed by atoms with Gasteiger partial charge in [-0.05, 0) is 37.0 Å². The Morgan fingerprint density at radius 2 is 1.73 bits per heavy atom. The molecule has 0 aliphatic heterocycles. The highest BCUT2D eigenvalue weighted by molar-refractivity contribution is 5.92. The lowest BCUT2D eigenvalue weighted by Crippen LogP contribution is -2.25. The van der Waals surface area contributed by atoms with Gasteiger partial charge in [0.2, 0.25) is 5.91 Å². The second-order valence-electron chi connectivity index (χ2n) is 8.74. The summed E-state index contributed by atoms with van der Waals surface area (Å²) in [6.07, 6.45) is 4.89. The molecule has 0 spiro atoms. The van der Waals surface area contributed by atoms with Gasteiger partial charge in [-0.25, -0.2) is 4.79 Å². The first-order valence-corrected chi connectivity index (χ1v) is 12.1. The van der Waals surface area contributed by atoms with E-state index in [1.807, 2.05) is 61.5 Å². The minimum atomic E-state index is -0.425. The molecule has 0 saturated heterocycles. The lowest BCUT2D eigenvalue weighted by Gasteiger charge is -2.08. The van der Waals surface area contributed by atoms with Gasteiger partial charge in [0.25, 0.3) is 5.91 Å².